The molecule has 2 fully saturated rings. The Morgan fingerprint density at radius 1 is 0.950 bits per heavy atom. The molecule has 4 aliphatic rings. The first kappa shape index (κ1) is 11.8. The quantitative estimate of drug-likeness (QED) is 0.581. The number of fused-ring (bicyclic) bond motifs is 1. The van der Waals surface area contributed by atoms with Gasteiger partial charge in [-0.1, -0.05) is 24.3 Å². The average molecular weight is 271 g/mol. The van der Waals surface area contributed by atoms with Crippen molar-refractivity contribution in [1.82, 2.24) is 0 Å². The van der Waals surface area contributed by atoms with E-state index in [9.17, 15) is 14.0 Å². The zero-order chi connectivity index (χ0) is 13.9. The molecule has 2 amide bonds. The molecular weight excluding hydrogens is 257 g/mol. The number of carbonyl (C=O) groups is 2. The molecular formula is C16H14FNO2. The van der Waals surface area contributed by atoms with Crippen molar-refractivity contribution >= 4 is 17.5 Å². The smallest absolute Gasteiger partial charge is 0.238 e. The molecule has 1 aromatic carbocycles. The molecule has 1 heterocycles. The maximum absolute atomic E-state index is 13.9. The largest absolute Gasteiger partial charge is 0.274 e. The van der Waals surface area contributed by atoms with Crippen molar-refractivity contribution < 1.29 is 14.0 Å². The topological polar surface area (TPSA) is 37.4 Å². The Morgan fingerprint density at radius 2 is 1.50 bits per heavy atom. The highest BCUT2D eigenvalue weighted by molar-refractivity contribution is 6.22. The number of anilines is 1. The predicted molar refractivity (Wildman–Crippen MR) is 71.2 cm³/mol. The molecule has 4 heteroatoms. The molecule has 1 saturated heterocycles. The molecule has 1 aromatic rings. The monoisotopic (exact) mass is 271 g/mol. The van der Waals surface area contributed by atoms with Gasteiger partial charge in [0.1, 0.15) is 5.82 Å². The molecule has 0 radical (unpaired) electrons. The maximum Gasteiger partial charge on any atom is 0.238 e. The summed E-state index contributed by atoms with van der Waals surface area (Å²) in [4.78, 5) is 26.3. The Labute approximate surface area is 116 Å². The van der Waals surface area contributed by atoms with E-state index in [0.717, 1.165) is 17.7 Å². The number of allylic oxidation sites excluding steroid dienone is 2. The first-order valence-electron chi connectivity index (χ1n) is 6.99. The van der Waals surface area contributed by atoms with Crippen LogP contribution in [0.1, 0.15) is 12.8 Å². The second kappa shape index (κ2) is 4.01. The normalized spacial score (nSPS) is 34.8. The van der Waals surface area contributed by atoms with E-state index in [1.807, 2.05) is 0 Å². The summed E-state index contributed by atoms with van der Waals surface area (Å²) in [5, 5.41) is 0. The van der Waals surface area contributed by atoms with Crippen LogP contribution in [0.3, 0.4) is 0 Å². The molecule has 1 saturated carbocycles. The van der Waals surface area contributed by atoms with E-state index in [1.54, 1.807) is 12.1 Å². The lowest BCUT2D eigenvalue weighted by molar-refractivity contribution is -0.124. The van der Waals surface area contributed by atoms with E-state index in [2.05, 4.69) is 12.2 Å². The van der Waals surface area contributed by atoms with Gasteiger partial charge in [0.25, 0.3) is 0 Å². The summed E-state index contributed by atoms with van der Waals surface area (Å²) in [6.07, 6.45) is 6.02. The molecule has 5 rings (SSSR count). The van der Waals surface area contributed by atoms with Gasteiger partial charge >= 0.3 is 0 Å². The van der Waals surface area contributed by atoms with Gasteiger partial charge in [0.15, 0.2) is 0 Å². The fraction of sp³-hybridized carbons (Fsp3) is 0.375. The minimum absolute atomic E-state index is 0.0938. The van der Waals surface area contributed by atoms with Gasteiger partial charge in [0, 0.05) is 0 Å². The third-order valence-electron chi connectivity index (χ3n) is 4.85. The zero-order valence-corrected chi connectivity index (χ0v) is 10.8. The van der Waals surface area contributed by atoms with Crippen LogP contribution < -0.4 is 4.90 Å². The molecule has 1 aliphatic heterocycles. The summed E-state index contributed by atoms with van der Waals surface area (Å²) < 4.78 is 13.9. The van der Waals surface area contributed by atoms with Gasteiger partial charge < -0.3 is 0 Å². The Bertz CT molecular complexity index is 607. The molecule has 3 aliphatic carbocycles. The lowest BCUT2D eigenvalue weighted by Gasteiger charge is -2.38. The number of carbonyl (C=O) groups excluding carboxylic acids is 2. The molecule has 0 spiro atoms. The van der Waals surface area contributed by atoms with Crippen LogP contribution in [-0.4, -0.2) is 11.8 Å². The Morgan fingerprint density at radius 3 is 2.00 bits per heavy atom. The minimum Gasteiger partial charge on any atom is -0.274 e. The summed E-state index contributed by atoms with van der Waals surface area (Å²) in [5.74, 6) is -1.28. The van der Waals surface area contributed by atoms with Gasteiger partial charge in [-0.05, 0) is 36.8 Å². The van der Waals surface area contributed by atoms with E-state index in [4.69, 9.17) is 0 Å². The van der Waals surface area contributed by atoms with Crippen molar-refractivity contribution in [1.29, 1.82) is 0 Å². The number of hydrogen-bond donors (Lipinski definition) is 0. The van der Waals surface area contributed by atoms with E-state index < -0.39 is 5.82 Å². The van der Waals surface area contributed by atoms with Crippen molar-refractivity contribution in [3.05, 3.63) is 42.2 Å². The molecule has 0 unspecified atom stereocenters. The van der Waals surface area contributed by atoms with Crippen molar-refractivity contribution in [3.8, 4) is 0 Å². The molecule has 20 heavy (non-hydrogen) atoms. The summed E-state index contributed by atoms with van der Waals surface area (Å²) in [7, 11) is 0. The third-order valence-corrected chi connectivity index (χ3v) is 4.85. The van der Waals surface area contributed by atoms with Gasteiger partial charge in [-0.15, -0.1) is 0 Å². The van der Waals surface area contributed by atoms with Gasteiger partial charge in [-0.3, -0.25) is 9.59 Å². The number of nitrogens with zero attached hydrogens (tertiary/aromatic N) is 1. The van der Waals surface area contributed by atoms with Crippen molar-refractivity contribution in [2.45, 2.75) is 12.8 Å². The van der Waals surface area contributed by atoms with Crippen molar-refractivity contribution in [2.75, 3.05) is 4.90 Å². The predicted octanol–water partition coefficient (Wildman–Crippen LogP) is 2.53. The first-order valence-corrected chi connectivity index (χ1v) is 6.99. The Balaban J connectivity index is 1.80. The molecule has 102 valence electrons. The number of imide groups is 1. The summed E-state index contributed by atoms with van der Waals surface area (Å²) in [6, 6.07) is 5.98. The van der Waals surface area contributed by atoms with E-state index in [0.29, 0.717) is 0 Å². The highest BCUT2D eigenvalue weighted by atomic mass is 19.1. The molecule has 2 bridgehead atoms. The minimum atomic E-state index is -0.520. The van der Waals surface area contributed by atoms with Crippen molar-refractivity contribution in [3.63, 3.8) is 0 Å². The Hall–Kier alpha value is -1.97. The van der Waals surface area contributed by atoms with Crippen LogP contribution in [0.15, 0.2) is 36.4 Å². The van der Waals surface area contributed by atoms with Crippen LogP contribution in [0.4, 0.5) is 10.1 Å². The van der Waals surface area contributed by atoms with Crippen molar-refractivity contribution in [2.24, 2.45) is 23.7 Å². The van der Waals surface area contributed by atoms with E-state index in [-0.39, 0.29) is 41.2 Å². The van der Waals surface area contributed by atoms with Gasteiger partial charge in [0.05, 0.1) is 17.5 Å². The number of amides is 2. The number of rotatable bonds is 1. The third kappa shape index (κ3) is 1.39. The number of benzene rings is 1. The maximum atomic E-state index is 13.9. The second-order valence-electron chi connectivity index (χ2n) is 5.80. The highest BCUT2D eigenvalue weighted by Crippen LogP contribution is 2.50. The summed E-state index contributed by atoms with van der Waals surface area (Å²) in [6.45, 7) is 0. The molecule has 3 nitrogen and oxygen atoms in total. The van der Waals surface area contributed by atoms with Gasteiger partial charge in [-0.25, -0.2) is 9.29 Å². The second-order valence-corrected chi connectivity index (χ2v) is 5.80. The molecule has 4 atom stereocenters. The number of hydrogen-bond acceptors (Lipinski definition) is 2. The molecule has 0 aromatic heterocycles. The van der Waals surface area contributed by atoms with E-state index in [1.165, 1.54) is 12.1 Å². The standard InChI is InChI=1S/C16H14FNO2/c17-11-3-1-2-4-12(11)18-15(19)13-9-5-6-10(8-7-9)14(13)16(18)20/h1-6,9-10,13-14H,7-8H2/t9-,10-,13-,14-/m1/s1. The average Bonchev–Trinajstić information content (AvgIpc) is 2.75. The summed E-state index contributed by atoms with van der Waals surface area (Å²) >= 11 is 0. The fourth-order valence-corrected chi connectivity index (χ4v) is 3.94. The highest BCUT2D eigenvalue weighted by Gasteiger charge is 2.57. The van der Waals surface area contributed by atoms with Crippen LogP contribution in [0.2, 0.25) is 0 Å². The van der Waals surface area contributed by atoms with Crippen LogP contribution in [0.25, 0.3) is 0 Å². The Kier molecular flexibility index (Phi) is 2.37. The molecule has 0 N–H and O–H groups in total. The SMILES string of the molecule is O=C1[C@H]2[C@H](C(=O)N1c1ccccc1F)[C@@H]1C=C[C@@H]2CC1. The first-order chi connectivity index (χ1) is 9.68. The number of para-hydroxylation sites is 1. The van der Waals surface area contributed by atoms with Gasteiger partial charge in [0.2, 0.25) is 11.8 Å². The van der Waals surface area contributed by atoms with Crippen LogP contribution >= 0.6 is 0 Å². The van der Waals surface area contributed by atoms with Gasteiger partial charge in [-0.2, -0.15) is 0 Å². The van der Waals surface area contributed by atoms with Crippen LogP contribution in [0.5, 0.6) is 0 Å². The van der Waals surface area contributed by atoms with Crippen LogP contribution in [0, 0.1) is 29.5 Å². The van der Waals surface area contributed by atoms with Crippen LogP contribution in [-0.2, 0) is 9.59 Å². The zero-order valence-electron chi connectivity index (χ0n) is 10.8. The number of halogens is 1. The lowest BCUT2D eigenvalue weighted by Crippen LogP contribution is -2.38. The summed E-state index contributed by atoms with van der Waals surface area (Å²) in [5.41, 5.74) is 0.0938. The van der Waals surface area contributed by atoms with E-state index >= 15 is 0 Å². The lowest BCUT2D eigenvalue weighted by atomic mass is 9.63. The fourth-order valence-electron chi connectivity index (χ4n) is 3.94.